The highest BCUT2D eigenvalue weighted by Gasteiger charge is 2.37. The van der Waals surface area contributed by atoms with Gasteiger partial charge in [-0.25, -0.2) is 4.79 Å². The molecule has 6 heteroatoms. The van der Waals surface area contributed by atoms with Gasteiger partial charge in [0.05, 0.1) is 5.41 Å². The lowest BCUT2D eigenvalue weighted by atomic mass is 9.80. The standard InChI is InChI=1S/C15H19BrN2O3/c1-15(13(19)20)6-8-18(9-7-15)14(21)17-10-11-2-4-12(16)5-3-11/h2-5H,6-10H2,1H3,(H,17,21)(H,19,20). The summed E-state index contributed by atoms with van der Waals surface area (Å²) in [6, 6.07) is 7.62. The van der Waals surface area contributed by atoms with Crippen LogP contribution in [0.2, 0.25) is 0 Å². The molecule has 21 heavy (non-hydrogen) atoms. The van der Waals surface area contributed by atoms with Crippen molar-refractivity contribution in [3.05, 3.63) is 34.3 Å². The molecular weight excluding hydrogens is 336 g/mol. The maximum Gasteiger partial charge on any atom is 0.317 e. The predicted octanol–water partition coefficient (Wildman–Crippen LogP) is 2.85. The zero-order valence-corrected chi connectivity index (χ0v) is 13.5. The van der Waals surface area contributed by atoms with Crippen molar-refractivity contribution < 1.29 is 14.7 Å². The molecule has 0 aromatic heterocycles. The Morgan fingerprint density at radius 2 is 1.86 bits per heavy atom. The van der Waals surface area contributed by atoms with Gasteiger partial charge >= 0.3 is 12.0 Å². The molecule has 1 aromatic rings. The molecule has 114 valence electrons. The van der Waals surface area contributed by atoms with Crippen molar-refractivity contribution in [2.24, 2.45) is 5.41 Å². The number of carbonyl (C=O) groups is 2. The Bertz CT molecular complexity index is 522. The Hall–Kier alpha value is -1.56. The van der Waals surface area contributed by atoms with E-state index >= 15 is 0 Å². The van der Waals surface area contributed by atoms with E-state index in [0.717, 1.165) is 10.0 Å². The summed E-state index contributed by atoms with van der Waals surface area (Å²) in [6.45, 7) is 3.18. The van der Waals surface area contributed by atoms with Crippen LogP contribution in [-0.2, 0) is 11.3 Å². The predicted molar refractivity (Wildman–Crippen MR) is 82.9 cm³/mol. The van der Waals surface area contributed by atoms with Crippen LogP contribution in [0.5, 0.6) is 0 Å². The average Bonchev–Trinajstić information content (AvgIpc) is 2.47. The number of carboxylic acids is 1. The number of amides is 2. The molecule has 0 spiro atoms. The number of aliphatic carboxylic acids is 1. The Morgan fingerprint density at radius 3 is 2.38 bits per heavy atom. The minimum atomic E-state index is -0.780. The van der Waals surface area contributed by atoms with E-state index in [1.807, 2.05) is 24.3 Å². The Morgan fingerprint density at radius 1 is 1.29 bits per heavy atom. The lowest BCUT2D eigenvalue weighted by molar-refractivity contribution is -0.150. The SMILES string of the molecule is CC1(C(=O)O)CCN(C(=O)NCc2ccc(Br)cc2)CC1. The minimum Gasteiger partial charge on any atom is -0.481 e. The first-order chi connectivity index (χ1) is 9.90. The molecule has 0 atom stereocenters. The molecule has 2 amide bonds. The molecule has 0 unspecified atom stereocenters. The summed E-state index contributed by atoms with van der Waals surface area (Å²) in [7, 11) is 0. The van der Waals surface area contributed by atoms with Crippen LogP contribution in [0, 0.1) is 5.41 Å². The van der Waals surface area contributed by atoms with Crippen molar-refractivity contribution in [3.63, 3.8) is 0 Å². The van der Waals surface area contributed by atoms with Crippen LogP contribution in [0.1, 0.15) is 25.3 Å². The molecule has 0 aliphatic carbocycles. The van der Waals surface area contributed by atoms with Crippen LogP contribution in [0.25, 0.3) is 0 Å². The summed E-state index contributed by atoms with van der Waals surface area (Å²) in [5.74, 6) is -0.780. The molecule has 2 rings (SSSR count). The normalized spacial score (nSPS) is 17.3. The van der Waals surface area contributed by atoms with Crippen LogP contribution >= 0.6 is 15.9 Å². The van der Waals surface area contributed by atoms with Gasteiger partial charge in [-0.1, -0.05) is 28.1 Å². The molecule has 1 aromatic carbocycles. The molecule has 0 saturated carbocycles. The molecule has 1 aliphatic heterocycles. The molecule has 1 aliphatic rings. The van der Waals surface area contributed by atoms with Crippen molar-refractivity contribution >= 4 is 27.9 Å². The van der Waals surface area contributed by atoms with Crippen LogP contribution < -0.4 is 5.32 Å². The van der Waals surface area contributed by atoms with Gasteiger partial charge in [0, 0.05) is 24.1 Å². The zero-order chi connectivity index (χ0) is 15.5. The van der Waals surface area contributed by atoms with Crippen LogP contribution in [0.15, 0.2) is 28.7 Å². The van der Waals surface area contributed by atoms with Crippen LogP contribution in [0.3, 0.4) is 0 Å². The fraction of sp³-hybridized carbons (Fsp3) is 0.467. The Balaban J connectivity index is 1.82. The largest absolute Gasteiger partial charge is 0.481 e. The number of hydrogen-bond acceptors (Lipinski definition) is 2. The number of carboxylic acid groups (broad SMARTS) is 1. The van der Waals surface area contributed by atoms with E-state index < -0.39 is 11.4 Å². The Labute approximate surface area is 132 Å². The van der Waals surface area contributed by atoms with Crippen molar-refractivity contribution in [3.8, 4) is 0 Å². The number of benzene rings is 1. The molecule has 0 radical (unpaired) electrons. The van der Waals surface area contributed by atoms with Gasteiger partial charge in [-0.05, 0) is 37.5 Å². The summed E-state index contributed by atoms with van der Waals surface area (Å²) in [5.41, 5.74) is 0.321. The van der Waals surface area contributed by atoms with E-state index in [9.17, 15) is 14.7 Å². The van der Waals surface area contributed by atoms with Gasteiger partial charge < -0.3 is 15.3 Å². The van der Waals surface area contributed by atoms with E-state index in [0.29, 0.717) is 32.5 Å². The first-order valence-corrected chi connectivity index (χ1v) is 7.71. The fourth-order valence-electron chi connectivity index (χ4n) is 2.31. The van der Waals surface area contributed by atoms with Crippen molar-refractivity contribution in [1.29, 1.82) is 0 Å². The maximum atomic E-state index is 12.1. The van der Waals surface area contributed by atoms with E-state index in [4.69, 9.17) is 0 Å². The molecule has 1 fully saturated rings. The van der Waals surface area contributed by atoms with Crippen LogP contribution in [0.4, 0.5) is 4.79 Å². The van der Waals surface area contributed by atoms with Gasteiger partial charge in [0.1, 0.15) is 0 Å². The highest BCUT2D eigenvalue weighted by atomic mass is 79.9. The quantitative estimate of drug-likeness (QED) is 0.876. The third-order valence-corrected chi connectivity index (χ3v) is 4.56. The zero-order valence-electron chi connectivity index (χ0n) is 11.9. The number of carbonyl (C=O) groups excluding carboxylic acids is 1. The topological polar surface area (TPSA) is 69.6 Å². The molecule has 1 saturated heterocycles. The second kappa shape index (κ2) is 6.47. The molecule has 2 N–H and O–H groups in total. The maximum absolute atomic E-state index is 12.1. The lowest BCUT2D eigenvalue weighted by Crippen LogP contribution is -2.48. The molecule has 0 bridgehead atoms. The van der Waals surface area contributed by atoms with Crippen LogP contribution in [-0.4, -0.2) is 35.1 Å². The summed E-state index contributed by atoms with van der Waals surface area (Å²) in [4.78, 5) is 24.9. The van der Waals surface area contributed by atoms with Gasteiger partial charge in [0.15, 0.2) is 0 Å². The minimum absolute atomic E-state index is 0.134. The summed E-state index contributed by atoms with van der Waals surface area (Å²) < 4.78 is 1.00. The molecule has 1 heterocycles. The second-order valence-electron chi connectivity index (χ2n) is 5.64. The fourth-order valence-corrected chi connectivity index (χ4v) is 2.57. The monoisotopic (exact) mass is 354 g/mol. The highest BCUT2D eigenvalue weighted by molar-refractivity contribution is 9.10. The van der Waals surface area contributed by atoms with Gasteiger partial charge in [0.2, 0.25) is 0 Å². The van der Waals surface area contributed by atoms with Gasteiger partial charge in [0.25, 0.3) is 0 Å². The number of piperidine rings is 1. The van der Waals surface area contributed by atoms with E-state index in [1.165, 1.54) is 0 Å². The summed E-state index contributed by atoms with van der Waals surface area (Å²) >= 11 is 3.37. The van der Waals surface area contributed by atoms with E-state index in [-0.39, 0.29) is 6.03 Å². The summed E-state index contributed by atoms with van der Waals surface area (Å²) in [6.07, 6.45) is 0.988. The smallest absolute Gasteiger partial charge is 0.317 e. The average molecular weight is 355 g/mol. The highest BCUT2D eigenvalue weighted by Crippen LogP contribution is 2.30. The van der Waals surface area contributed by atoms with Gasteiger partial charge in [-0.3, -0.25) is 4.79 Å². The second-order valence-corrected chi connectivity index (χ2v) is 6.55. The Kier molecular flexibility index (Phi) is 4.88. The van der Waals surface area contributed by atoms with Crippen molar-refractivity contribution in [2.75, 3.05) is 13.1 Å². The molecular formula is C15H19BrN2O3. The number of rotatable bonds is 3. The summed E-state index contributed by atoms with van der Waals surface area (Å²) in [5, 5.41) is 12.0. The van der Waals surface area contributed by atoms with Gasteiger partial charge in [-0.2, -0.15) is 0 Å². The van der Waals surface area contributed by atoms with Gasteiger partial charge in [-0.15, -0.1) is 0 Å². The number of nitrogens with zero attached hydrogens (tertiary/aromatic N) is 1. The first kappa shape index (κ1) is 15.8. The lowest BCUT2D eigenvalue weighted by Gasteiger charge is -2.36. The third-order valence-electron chi connectivity index (χ3n) is 4.03. The van der Waals surface area contributed by atoms with Crippen molar-refractivity contribution in [2.45, 2.75) is 26.3 Å². The number of nitrogens with one attached hydrogen (secondary N) is 1. The first-order valence-electron chi connectivity index (χ1n) is 6.91. The van der Waals surface area contributed by atoms with E-state index in [2.05, 4.69) is 21.2 Å². The third kappa shape index (κ3) is 3.97. The molecule has 5 nitrogen and oxygen atoms in total. The van der Waals surface area contributed by atoms with E-state index in [1.54, 1.807) is 11.8 Å². The number of urea groups is 1. The number of hydrogen-bond donors (Lipinski definition) is 2. The number of halogens is 1. The number of likely N-dealkylation sites (tertiary alicyclic amines) is 1. The van der Waals surface area contributed by atoms with Crippen molar-refractivity contribution in [1.82, 2.24) is 10.2 Å².